The summed E-state index contributed by atoms with van der Waals surface area (Å²) >= 11 is 0. The summed E-state index contributed by atoms with van der Waals surface area (Å²) in [6.07, 6.45) is 6.02. The van der Waals surface area contributed by atoms with Crippen LogP contribution < -0.4 is 4.90 Å². The highest BCUT2D eigenvalue weighted by molar-refractivity contribution is 5.88. The largest absolute Gasteiger partial charge is 0.478 e. The Morgan fingerprint density at radius 3 is 2.34 bits per heavy atom. The van der Waals surface area contributed by atoms with Crippen molar-refractivity contribution in [1.82, 2.24) is 4.90 Å². The predicted molar refractivity (Wildman–Crippen MR) is 121 cm³/mol. The number of aromatic carboxylic acids is 1. The van der Waals surface area contributed by atoms with Gasteiger partial charge in [0, 0.05) is 38.4 Å². The van der Waals surface area contributed by atoms with Crippen molar-refractivity contribution in [1.29, 1.82) is 0 Å². The molecule has 1 aliphatic carbocycles. The van der Waals surface area contributed by atoms with E-state index in [1.165, 1.54) is 31.3 Å². The van der Waals surface area contributed by atoms with Crippen molar-refractivity contribution >= 4 is 11.7 Å². The number of piperazine rings is 1. The van der Waals surface area contributed by atoms with Crippen molar-refractivity contribution in [3.8, 4) is 0 Å². The fourth-order valence-electron chi connectivity index (χ4n) is 4.53. The molecule has 0 unspecified atom stereocenters. The molecular weight excluding hydrogens is 360 g/mol. The zero-order chi connectivity index (χ0) is 21.0. The number of carboxylic acids is 1. The summed E-state index contributed by atoms with van der Waals surface area (Å²) in [6.45, 7) is 16.2. The monoisotopic (exact) mass is 396 g/mol. The third-order valence-corrected chi connectivity index (χ3v) is 6.42. The number of hydrogen-bond donors (Lipinski definition) is 1. The van der Waals surface area contributed by atoms with Gasteiger partial charge in [-0.05, 0) is 68.7 Å². The van der Waals surface area contributed by atoms with E-state index in [9.17, 15) is 4.79 Å². The van der Waals surface area contributed by atoms with Crippen LogP contribution in [0.5, 0.6) is 0 Å². The maximum absolute atomic E-state index is 11.0. The van der Waals surface area contributed by atoms with Gasteiger partial charge in [-0.2, -0.15) is 0 Å². The van der Waals surface area contributed by atoms with E-state index in [1.807, 2.05) is 12.1 Å². The molecule has 0 atom stereocenters. The number of anilines is 1. The maximum Gasteiger partial charge on any atom is 0.335 e. The van der Waals surface area contributed by atoms with Crippen LogP contribution in [0.25, 0.3) is 0 Å². The Kier molecular flexibility index (Phi) is 6.84. The zero-order valence-electron chi connectivity index (χ0n) is 18.3. The van der Waals surface area contributed by atoms with Crippen molar-refractivity contribution in [3.05, 3.63) is 53.1 Å². The average molecular weight is 397 g/mol. The first kappa shape index (κ1) is 21.6. The molecule has 1 aliphatic heterocycles. The SMILES string of the molecule is C=C(C)CCC1=C(CN2CCN(c3ccc(C(=O)O)cc3)CC2)CCC(C)(C)C1. The Balaban J connectivity index is 1.59. The van der Waals surface area contributed by atoms with Gasteiger partial charge in [-0.25, -0.2) is 4.79 Å². The van der Waals surface area contributed by atoms with E-state index >= 15 is 0 Å². The van der Waals surface area contributed by atoms with E-state index in [4.69, 9.17) is 5.11 Å². The number of rotatable bonds is 7. The normalized spacial score (nSPS) is 20.0. The van der Waals surface area contributed by atoms with Crippen LogP contribution in [0.3, 0.4) is 0 Å². The average Bonchev–Trinajstić information content (AvgIpc) is 2.68. The predicted octanol–water partition coefficient (Wildman–Crippen LogP) is 5.37. The molecule has 0 radical (unpaired) electrons. The summed E-state index contributed by atoms with van der Waals surface area (Å²) in [5.41, 5.74) is 6.52. The lowest BCUT2D eigenvalue weighted by Gasteiger charge is -2.39. The van der Waals surface area contributed by atoms with Gasteiger partial charge < -0.3 is 10.0 Å². The molecular formula is C25H36N2O2. The standard InChI is InChI=1S/C25H36N2O2/c1-19(2)5-6-21-17-25(3,4)12-11-22(21)18-26-13-15-27(16-14-26)23-9-7-20(8-10-23)24(28)29/h7-10H,1,5-6,11-18H2,2-4H3,(H,28,29). The summed E-state index contributed by atoms with van der Waals surface area (Å²) in [6, 6.07) is 7.26. The van der Waals surface area contributed by atoms with Gasteiger partial charge in [0.05, 0.1) is 5.56 Å². The number of benzene rings is 1. The minimum absolute atomic E-state index is 0.349. The first-order chi connectivity index (χ1) is 13.7. The van der Waals surface area contributed by atoms with Crippen molar-refractivity contribution in [3.63, 3.8) is 0 Å². The first-order valence-electron chi connectivity index (χ1n) is 10.9. The van der Waals surface area contributed by atoms with E-state index in [-0.39, 0.29) is 0 Å². The number of allylic oxidation sites excluding steroid dienone is 2. The van der Waals surface area contributed by atoms with Gasteiger partial charge in [0.2, 0.25) is 0 Å². The Morgan fingerprint density at radius 1 is 1.10 bits per heavy atom. The number of carbonyl (C=O) groups is 1. The molecule has 2 aliphatic rings. The third kappa shape index (κ3) is 5.96. The van der Waals surface area contributed by atoms with E-state index < -0.39 is 5.97 Å². The molecule has 4 nitrogen and oxygen atoms in total. The first-order valence-corrected chi connectivity index (χ1v) is 10.9. The van der Waals surface area contributed by atoms with Gasteiger partial charge in [0.25, 0.3) is 0 Å². The smallest absolute Gasteiger partial charge is 0.335 e. The minimum Gasteiger partial charge on any atom is -0.478 e. The molecule has 1 saturated heterocycles. The molecule has 29 heavy (non-hydrogen) atoms. The Hall–Kier alpha value is -2.07. The second-order valence-corrected chi connectivity index (χ2v) is 9.62. The molecule has 1 aromatic carbocycles. The fraction of sp³-hybridized carbons (Fsp3) is 0.560. The van der Waals surface area contributed by atoms with E-state index in [0.717, 1.165) is 44.8 Å². The van der Waals surface area contributed by atoms with Crippen molar-refractivity contribution < 1.29 is 9.90 Å². The Bertz CT molecular complexity index is 769. The van der Waals surface area contributed by atoms with Crippen molar-refractivity contribution in [2.75, 3.05) is 37.6 Å². The minimum atomic E-state index is -0.868. The molecule has 1 fully saturated rings. The zero-order valence-corrected chi connectivity index (χ0v) is 18.3. The van der Waals surface area contributed by atoms with E-state index in [1.54, 1.807) is 23.3 Å². The Morgan fingerprint density at radius 2 is 1.76 bits per heavy atom. The van der Waals surface area contributed by atoms with Gasteiger partial charge in [-0.3, -0.25) is 4.90 Å². The third-order valence-electron chi connectivity index (χ3n) is 6.42. The van der Waals surface area contributed by atoms with Gasteiger partial charge >= 0.3 is 5.97 Å². The summed E-state index contributed by atoms with van der Waals surface area (Å²) in [5, 5.41) is 9.07. The van der Waals surface area contributed by atoms with Crippen LogP contribution in [0.15, 0.2) is 47.6 Å². The summed E-state index contributed by atoms with van der Waals surface area (Å²) in [4.78, 5) is 16.0. The maximum atomic E-state index is 11.0. The van der Waals surface area contributed by atoms with Crippen LogP contribution >= 0.6 is 0 Å². The number of carboxylic acid groups (broad SMARTS) is 1. The van der Waals surface area contributed by atoms with Crippen LogP contribution in [-0.4, -0.2) is 48.7 Å². The molecule has 1 N–H and O–H groups in total. The van der Waals surface area contributed by atoms with Gasteiger partial charge in [-0.1, -0.05) is 30.6 Å². The molecule has 1 aromatic rings. The van der Waals surface area contributed by atoms with Crippen molar-refractivity contribution in [2.24, 2.45) is 5.41 Å². The fourth-order valence-corrected chi connectivity index (χ4v) is 4.53. The van der Waals surface area contributed by atoms with Gasteiger partial charge in [-0.15, -0.1) is 6.58 Å². The molecule has 3 rings (SSSR count). The Labute approximate surface area is 175 Å². The van der Waals surface area contributed by atoms with Gasteiger partial charge in [0.1, 0.15) is 0 Å². The van der Waals surface area contributed by atoms with Crippen LogP contribution in [0.4, 0.5) is 5.69 Å². The number of hydrogen-bond acceptors (Lipinski definition) is 3. The van der Waals surface area contributed by atoms with Crippen molar-refractivity contribution in [2.45, 2.75) is 52.9 Å². The summed E-state index contributed by atoms with van der Waals surface area (Å²) < 4.78 is 0. The molecule has 0 spiro atoms. The molecule has 0 saturated carbocycles. The molecule has 4 heteroatoms. The van der Waals surface area contributed by atoms with Gasteiger partial charge in [0.15, 0.2) is 0 Å². The van der Waals surface area contributed by atoms with Crippen LogP contribution in [-0.2, 0) is 0 Å². The van der Waals surface area contributed by atoms with E-state index in [2.05, 4.69) is 37.1 Å². The second-order valence-electron chi connectivity index (χ2n) is 9.62. The molecule has 0 bridgehead atoms. The molecule has 0 amide bonds. The van der Waals surface area contributed by atoms with E-state index in [0.29, 0.717) is 11.0 Å². The highest BCUT2D eigenvalue weighted by atomic mass is 16.4. The molecule has 0 aromatic heterocycles. The number of nitrogens with zero attached hydrogens (tertiary/aromatic N) is 2. The lowest BCUT2D eigenvalue weighted by atomic mass is 9.73. The lowest BCUT2D eigenvalue weighted by Crippen LogP contribution is -2.47. The topological polar surface area (TPSA) is 43.8 Å². The molecule has 158 valence electrons. The lowest BCUT2D eigenvalue weighted by molar-refractivity contribution is 0.0697. The second kappa shape index (κ2) is 9.17. The molecule has 1 heterocycles. The highest BCUT2D eigenvalue weighted by Gasteiger charge is 2.28. The highest BCUT2D eigenvalue weighted by Crippen LogP contribution is 2.41. The summed E-state index contributed by atoms with van der Waals surface area (Å²) in [7, 11) is 0. The van der Waals surface area contributed by atoms with Crippen LogP contribution in [0.1, 0.15) is 63.2 Å². The summed E-state index contributed by atoms with van der Waals surface area (Å²) in [5.74, 6) is -0.868. The van der Waals surface area contributed by atoms with Crippen LogP contribution in [0, 0.1) is 5.41 Å². The quantitative estimate of drug-likeness (QED) is 0.629. The van der Waals surface area contributed by atoms with Crippen LogP contribution in [0.2, 0.25) is 0 Å².